The highest BCUT2D eigenvalue weighted by molar-refractivity contribution is 14.1. The number of carbonyl (C=O) groups excluding carboxylic acids is 2. The number of hydrogen-bond donors (Lipinski definition) is 1. The summed E-state index contributed by atoms with van der Waals surface area (Å²) in [5.41, 5.74) is 2.67. The van der Waals surface area contributed by atoms with E-state index in [-0.39, 0.29) is 18.2 Å². The zero-order valence-corrected chi connectivity index (χ0v) is 21.0. The van der Waals surface area contributed by atoms with Gasteiger partial charge in [-0.15, -0.1) is 0 Å². The van der Waals surface area contributed by atoms with Crippen LogP contribution in [0.2, 0.25) is 0 Å². The van der Waals surface area contributed by atoms with Gasteiger partial charge in [-0.2, -0.15) is 0 Å². The number of carbonyl (C=O) groups is 2. The van der Waals surface area contributed by atoms with Crippen molar-refractivity contribution < 1.29 is 9.59 Å². The van der Waals surface area contributed by atoms with Crippen molar-refractivity contribution in [2.45, 2.75) is 25.3 Å². The second-order valence-corrected chi connectivity index (χ2v) is 9.46. The topological polar surface area (TPSA) is 52.7 Å². The highest BCUT2D eigenvalue weighted by Gasteiger charge is 2.43. The largest absolute Gasteiger partial charge is 0.336 e. The van der Waals surface area contributed by atoms with Crippen molar-refractivity contribution in [1.29, 1.82) is 0 Å². The van der Waals surface area contributed by atoms with E-state index in [0.29, 0.717) is 17.3 Å². The highest BCUT2D eigenvalue weighted by atomic mass is 127. The van der Waals surface area contributed by atoms with E-state index in [1.165, 1.54) is 5.56 Å². The van der Waals surface area contributed by atoms with Crippen LogP contribution in [-0.4, -0.2) is 34.4 Å². The molecule has 1 aliphatic rings. The molecule has 3 aromatic rings. The van der Waals surface area contributed by atoms with Gasteiger partial charge in [0.15, 0.2) is 5.11 Å². The lowest BCUT2D eigenvalue weighted by Gasteiger charge is -2.24. The van der Waals surface area contributed by atoms with E-state index in [2.05, 4.69) is 40.0 Å². The molecular weight excluding hydrogens is 545 g/mol. The zero-order chi connectivity index (χ0) is 23.2. The Morgan fingerprint density at radius 2 is 1.58 bits per heavy atom. The van der Waals surface area contributed by atoms with Crippen LogP contribution in [0.4, 0.5) is 11.4 Å². The number of hydrogen-bond acceptors (Lipinski definition) is 3. The summed E-state index contributed by atoms with van der Waals surface area (Å²) >= 11 is 7.94. The fraction of sp³-hybridized carbons (Fsp3) is 0.192. The summed E-state index contributed by atoms with van der Waals surface area (Å²) in [7, 11) is 0. The Bertz CT molecular complexity index is 1120. The average Bonchev–Trinajstić information content (AvgIpc) is 3.05. The first-order valence-corrected chi connectivity index (χ1v) is 12.3. The summed E-state index contributed by atoms with van der Waals surface area (Å²) in [6.45, 7) is 0.601. The quantitative estimate of drug-likeness (QED) is 0.298. The van der Waals surface area contributed by atoms with Crippen molar-refractivity contribution in [3.05, 3.63) is 94.1 Å². The Morgan fingerprint density at radius 1 is 0.939 bits per heavy atom. The Kier molecular flexibility index (Phi) is 7.72. The first kappa shape index (κ1) is 23.4. The second-order valence-electron chi connectivity index (χ2n) is 7.85. The monoisotopic (exact) mass is 569 g/mol. The molecule has 1 aliphatic heterocycles. The molecule has 0 spiro atoms. The first-order valence-electron chi connectivity index (χ1n) is 10.8. The number of nitrogens with zero attached hydrogens (tertiary/aromatic N) is 2. The maximum absolute atomic E-state index is 13.4. The van der Waals surface area contributed by atoms with Crippen LogP contribution >= 0.6 is 34.8 Å². The van der Waals surface area contributed by atoms with Crippen LogP contribution in [-0.2, 0) is 16.0 Å². The number of anilines is 2. The molecule has 0 radical (unpaired) electrons. The maximum atomic E-state index is 13.4. The molecule has 1 N–H and O–H groups in total. The molecule has 7 heteroatoms. The lowest BCUT2D eigenvalue weighted by Crippen LogP contribution is -2.38. The summed E-state index contributed by atoms with van der Waals surface area (Å²) in [5.74, 6) is -0.371. The van der Waals surface area contributed by atoms with Crippen LogP contribution in [0.15, 0.2) is 84.9 Å². The van der Waals surface area contributed by atoms with Crippen LogP contribution in [0.25, 0.3) is 0 Å². The van der Waals surface area contributed by atoms with E-state index < -0.39 is 6.04 Å². The average molecular weight is 569 g/mol. The van der Waals surface area contributed by atoms with Gasteiger partial charge < -0.3 is 10.2 Å². The molecule has 168 valence electrons. The van der Waals surface area contributed by atoms with Gasteiger partial charge in [0.05, 0.1) is 12.1 Å². The molecule has 1 atom stereocenters. The Morgan fingerprint density at radius 3 is 2.24 bits per heavy atom. The molecular formula is C26H24IN3O2S. The number of rotatable bonds is 8. The molecule has 0 aromatic heterocycles. The standard InChI is InChI=1S/C26H24IN3O2S/c27-20-13-15-21(16-14-20)28-24(31)18-23-25(32)30(22-11-5-2-6-12-22)26(33)29(23)17-7-10-19-8-3-1-4-9-19/h1-6,8-9,11-16,23H,7,10,17-18H2,(H,28,31). The zero-order valence-electron chi connectivity index (χ0n) is 18.0. The minimum absolute atomic E-state index is 0.0413. The number of halogens is 1. The fourth-order valence-corrected chi connectivity index (χ4v) is 4.69. The van der Waals surface area contributed by atoms with Crippen LogP contribution < -0.4 is 10.2 Å². The molecule has 1 unspecified atom stereocenters. The molecule has 0 saturated carbocycles. The smallest absolute Gasteiger partial charge is 0.256 e. The third kappa shape index (κ3) is 5.78. The van der Waals surface area contributed by atoms with E-state index >= 15 is 0 Å². The summed E-state index contributed by atoms with van der Waals surface area (Å²) in [4.78, 5) is 29.7. The Labute approximate surface area is 212 Å². The molecule has 0 bridgehead atoms. The minimum Gasteiger partial charge on any atom is -0.336 e. The van der Waals surface area contributed by atoms with Gasteiger partial charge in [0.1, 0.15) is 6.04 Å². The van der Waals surface area contributed by atoms with Crippen molar-refractivity contribution >= 4 is 63.1 Å². The van der Waals surface area contributed by atoms with E-state index in [1.807, 2.05) is 77.7 Å². The summed E-state index contributed by atoms with van der Waals surface area (Å²) in [5, 5.41) is 3.36. The normalized spacial score (nSPS) is 15.7. The number of thiocarbonyl (C=S) groups is 1. The summed E-state index contributed by atoms with van der Waals surface area (Å²) in [6, 6.07) is 26.5. The van der Waals surface area contributed by atoms with E-state index in [0.717, 1.165) is 22.1 Å². The SMILES string of the molecule is O=C(CC1C(=O)N(c2ccccc2)C(=S)N1CCCc1ccccc1)Nc1ccc(I)cc1. The number of nitrogens with one attached hydrogen (secondary N) is 1. The van der Waals surface area contributed by atoms with Gasteiger partial charge in [-0.05, 0) is 89.6 Å². The van der Waals surface area contributed by atoms with Gasteiger partial charge in [0, 0.05) is 15.8 Å². The van der Waals surface area contributed by atoms with E-state index in [1.54, 1.807) is 4.90 Å². The van der Waals surface area contributed by atoms with Gasteiger partial charge in [-0.3, -0.25) is 14.5 Å². The lowest BCUT2D eigenvalue weighted by molar-refractivity contribution is -0.124. The van der Waals surface area contributed by atoms with Crippen molar-refractivity contribution in [1.82, 2.24) is 4.90 Å². The Hall–Kier alpha value is -2.78. The van der Waals surface area contributed by atoms with Gasteiger partial charge in [0.2, 0.25) is 5.91 Å². The number of aryl methyl sites for hydroxylation is 1. The van der Waals surface area contributed by atoms with Gasteiger partial charge in [-0.1, -0.05) is 48.5 Å². The summed E-state index contributed by atoms with van der Waals surface area (Å²) < 4.78 is 1.09. The predicted molar refractivity (Wildman–Crippen MR) is 144 cm³/mol. The van der Waals surface area contributed by atoms with E-state index in [9.17, 15) is 9.59 Å². The van der Waals surface area contributed by atoms with Crippen molar-refractivity contribution in [3.8, 4) is 0 Å². The molecule has 0 aliphatic carbocycles. The predicted octanol–water partition coefficient (Wildman–Crippen LogP) is 5.25. The first-order chi connectivity index (χ1) is 16.0. The lowest BCUT2D eigenvalue weighted by atomic mass is 10.1. The van der Waals surface area contributed by atoms with Crippen LogP contribution in [0.3, 0.4) is 0 Å². The highest BCUT2D eigenvalue weighted by Crippen LogP contribution is 2.27. The molecule has 2 amide bonds. The third-order valence-electron chi connectivity index (χ3n) is 5.55. The van der Waals surface area contributed by atoms with Gasteiger partial charge >= 0.3 is 0 Å². The van der Waals surface area contributed by atoms with Crippen LogP contribution in [0, 0.1) is 3.57 Å². The van der Waals surface area contributed by atoms with Gasteiger partial charge in [0.25, 0.3) is 5.91 Å². The van der Waals surface area contributed by atoms with Crippen molar-refractivity contribution in [2.24, 2.45) is 0 Å². The molecule has 3 aromatic carbocycles. The van der Waals surface area contributed by atoms with Crippen molar-refractivity contribution in [3.63, 3.8) is 0 Å². The fourth-order valence-electron chi connectivity index (χ4n) is 3.92. The number of amides is 2. The van der Waals surface area contributed by atoms with Crippen molar-refractivity contribution in [2.75, 3.05) is 16.8 Å². The number of para-hydroxylation sites is 1. The van der Waals surface area contributed by atoms with Gasteiger partial charge in [-0.25, -0.2) is 0 Å². The number of benzene rings is 3. The second kappa shape index (κ2) is 10.9. The maximum Gasteiger partial charge on any atom is 0.256 e. The molecule has 5 nitrogen and oxygen atoms in total. The van der Waals surface area contributed by atoms with E-state index in [4.69, 9.17) is 12.2 Å². The van der Waals surface area contributed by atoms with Crippen LogP contribution in [0.5, 0.6) is 0 Å². The molecule has 1 heterocycles. The molecule has 33 heavy (non-hydrogen) atoms. The molecule has 1 saturated heterocycles. The molecule has 1 fully saturated rings. The minimum atomic E-state index is -0.627. The Balaban J connectivity index is 1.49. The molecule has 4 rings (SSSR count). The van der Waals surface area contributed by atoms with Crippen LogP contribution in [0.1, 0.15) is 18.4 Å². The summed E-state index contributed by atoms with van der Waals surface area (Å²) in [6.07, 6.45) is 1.75. The third-order valence-corrected chi connectivity index (χ3v) is 6.68.